The number of halogens is 1. The van der Waals surface area contributed by atoms with Gasteiger partial charge in [-0.15, -0.1) is 0 Å². The smallest absolute Gasteiger partial charge is 0.255 e. The molecule has 2 saturated heterocycles. The number of carbonyl (C=O) groups excluding carboxylic acids is 2. The maximum atomic E-state index is 15.7. The first kappa shape index (κ1) is 25.4. The first-order valence-corrected chi connectivity index (χ1v) is 13.4. The van der Waals surface area contributed by atoms with Crippen LogP contribution in [0.1, 0.15) is 72.9 Å². The van der Waals surface area contributed by atoms with Gasteiger partial charge in [-0.3, -0.25) is 9.59 Å². The molecule has 7 nitrogen and oxygen atoms in total. The van der Waals surface area contributed by atoms with Gasteiger partial charge in [-0.2, -0.15) is 0 Å². The zero-order valence-electron chi connectivity index (χ0n) is 21.2. The first-order chi connectivity index (χ1) is 17.4. The lowest BCUT2D eigenvalue weighted by Gasteiger charge is -2.37. The van der Waals surface area contributed by atoms with Gasteiger partial charge in [-0.1, -0.05) is 12.6 Å². The van der Waals surface area contributed by atoms with Crippen LogP contribution in [0, 0.1) is 11.7 Å². The Morgan fingerprint density at radius 1 is 1.19 bits per heavy atom. The number of nitrogens with zero attached hydrogens (tertiary/aromatic N) is 1. The van der Waals surface area contributed by atoms with Gasteiger partial charge in [0.2, 0.25) is 5.91 Å². The average Bonchev–Trinajstić information content (AvgIpc) is 3.20. The normalized spacial score (nSPS) is 30.9. The number of allylic oxidation sites excluding steroid dienone is 1. The SMILES string of the molecule is C=C1CCC(N2Cc3c(ccc(C[C@H]4OCCC[C@@H]4N[C@H]4CC[C@@H](COC)CC4)c3F)C2=O)C(=O)N1. The third-order valence-electron chi connectivity index (χ3n) is 8.40. The van der Waals surface area contributed by atoms with Crippen molar-refractivity contribution < 1.29 is 23.5 Å². The van der Waals surface area contributed by atoms with Gasteiger partial charge >= 0.3 is 0 Å². The Balaban J connectivity index is 1.25. The Labute approximate surface area is 212 Å². The lowest BCUT2D eigenvalue weighted by Crippen LogP contribution is -2.50. The highest BCUT2D eigenvalue weighted by Gasteiger charge is 2.40. The van der Waals surface area contributed by atoms with Crippen LogP contribution in [0.4, 0.5) is 4.39 Å². The van der Waals surface area contributed by atoms with Crippen LogP contribution in [-0.2, 0) is 27.2 Å². The van der Waals surface area contributed by atoms with Gasteiger partial charge in [-0.05, 0) is 68.9 Å². The fourth-order valence-electron chi connectivity index (χ4n) is 6.37. The maximum Gasteiger partial charge on any atom is 0.255 e. The monoisotopic (exact) mass is 499 g/mol. The molecule has 3 fully saturated rings. The maximum absolute atomic E-state index is 15.7. The molecule has 3 atom stereocenters. The molecule has 0 aromatic heterocycles. The molecule has 4 aliphatic rings. The number of amides is 2. The number of methoxy groups -OCH3 is 1. The first-order valence-electron chi connectivity index (χ1n) is 13.4. The van der Waals surface area contributed by atoms with E-state index in [1.54, 1.807) is 19.2 Å². The van der Waals surface area contributed by atoms with Gasteiger partial charge in [0.15, 0.2) is 0 Å². The highest BCUT2D eigenvalue weighted by molar-refractivity contribution is 6.01. The van der Waals surface area contributed by atoms with Gasteiger partial charge in [0.1, 0.15) is 11.9 Å². The Kier molecular flexibility index (Phi) is 7.74. The van der Waals surface area contributed by atoms with Crippen LogP contribution in [0.3, 0.4) is 0 Å². The fourth-order valence-corrected chi connectivity index (χ4v) is 6.37. The number of fused-ring (bicyclic) bond motifs is 1. The Hall–Kier alpha value is -2.29. The van der Waals surface area contributed by atoms with Gasteiger partial charge in [0.05, 0.1) is 12.6 Å². The molecule has 5 rings (SSSR count). The molecule has 36 heavy (non-hydrogen) atoms. The van der Waals surface area contributed by atoms with Gasteiger partial charge in [0.25, 0.3) is 5.91 Å². The van der Waals surface area contributed by atoms with Crippen molar-refractivity contribution in [3.05, 3.63) is 46.9 Å². The number of piperidine rings is 1. The van der Waals surface area contributed by atoms with Crippen molar-refractivity contribution >= 4 is 11.8 Å². The van der Waals surface area contributed by atoms with Crippen LogP contribution < -0.4 is 10.6 Å². The van der Waals surface area contributed by atoms with Crippen molar-refractivity contribution in [3.63, 3.8) is 0 Å². The van der Waals surface area contributed by atoms with E-state index in [1.807, 2.05) is 0 Å². The molecular weight excluding hydrogens is 461 g/mol. The molecule has 1 saturated carbocycles. The van der Waals surface area contributed by atoms with Crippen molar-refractivity contribution in [2.24, 2.45) is 5.92 Å². The molecule has 3 aliphatic heterocycles. The van der Waals surface area contributed by atoms with Crippen LogP contribution in [0.25, 0.3) is 0 Å². The summed E-state index contributed by atoms with van der Waals surface area (Å²) >= 11 is 0. The summed E-state index contributed by atoms with van der Waals surface area (Å²) in [5, 5.41) is 6.56. The van der Waals surface area contributed by atoms with Crippen molar-refractivity contribution in [3.8, 4) is 0 Å². The predicted octanol–water partition coefficient (Wildman–Crippen LogP) is 3.46. The van der Waals surface area contributed by atoms with Crippen LogP contribution in [-0.4, -0.2) is 61.3 Å². The summed E-state index contributed by atoms with van der Waals surface area (Å²) < 4.78 is 27.2. The number of benzene rings is 1. The van der Waals surface area contributed by atoms with Gasteiger partial charge in [0, 0.05) is 55.7 Å². The number of hydrogen-bond donors (Lipinski definition) is 2. The summed E-state index contributed by atoms with van der Waals surface area (Å²) in [6.07, 6.45) is 8.10. The van der Waals surface area contributed by atoms with Crippen molar-refractivity contribution in [2.75, 3.05) is 20.3 Å². The van der Waals surface area contributed by atoms with E-state index in [4.69, 9.17) is 9.47 Å². The van der Waals surface area contributed by atoms with Crippen molar-refractivity contribution in [1.82, 2.24) is 15.5 Å². The van der Waals surface area contributed by atoms with Crippen molar-refractivity contribution in [2.45, 2.75) is 88.6 Å². The highest BCUT2D eigenvalue weighted by atomic mass is 19.1. The van der Waals surface area contributed by atoms with Crippen LogP contribution in [0.5, 0.6) is 0 Å². The van der Waals surface area contributed by atoms with E-state index in [0.29, 0.717) is 60.2 Å². The summed E-state index contributed by atoms with van der Waals surface area (Å²) in [5.41, 5.74) is 1.99. The van der Waals surface area contributed by atoms with E-state index < -0.39 is 6.04 Å². The second kappa shape index (κ2) is 11.0. The van der Waals surface area contributed by atoms with E-state index in [0.717, 1.165) is 32.3 Å². The molecule has 0 radical (unpaired) electrons. The summed E-state index contributed by atoms with van der Waals surface area (Å²) in [6, 6.07) is 3.50. The number of nitrogens with one attached hydrogen (secondary N) is 2. The largest absolute Gasteiger partial charge is 0.384 e. The summed E-state index contributed by atoms with van der Waals surface area (Å²) in [4.78, 5) is 27.0. The van der Waals surface area contributed by atoms with E-state index >= 15 is 4.39 Å². The number of carbonyl (C=O) groups is 2. The third kappa shape index (κ3) is 5.22. The standard InChI is InChI=1S/C28H38FN3O4/c1-17-5-12-24(27(33)30-17)32-15-22-21(28(32)34)11-8-19(26(22)29)14-25-23(4-3-13-36-25)31-20-9-6-18(7-10-20)16-35-2/h8,11,18,20,23-25,31H,1,3-7,9-10,12-16H2,2H3,(H,30,33)/t18-,20+,23-,24?,25+/m0/s1. The molecule has 0 spiro atoms. The topological polar surface area (TPSA) is 79.9 Å². The van der Waals surface area contributed by atoms with Gasteiger partial charge < -0.3 is 25.0 Å². The van der Waals surface area contributed by atoms with Crippen LogP contribution >= 0.6 is 0 Å². The highest BCUT2D eigenvalue weighted by Crippen LogP contribution is 2.33. The minimum Gasteiger partial charge on any atom is -0.384 e. The molecule has 1 aromatic carbocycles. The second-order valence-corrected chi connectivity index (χ2v) is 10.8. The Bertz CT molecular complexity index is 1010. The average molecular weight is 500 g/mol. The molecular formula is C28H38FN3O4. The molecule has 196 valence electrons. The minimum absolute atomic E-state index is 0.105. The number of rotatable bonds is 7. The molecule has 2 N–H and O–H groups in total. The summed E-state index contributed by atoms with van der Waals surface area (Å²) in [6.45, 7) is 5.44. The summed E-state index contributed by atoms with van der Waals surface area (Å²) in [5.74, 6) is -0.209. The lowest BCUT2D eigenvalue weighted by molar-refractivity contribution is -0.126. The zero-order chi connectivity index (χ0) is 25.2. The van der Waals surface area contributed by atoms with E-state index in [2.05, 4.69) is 17.2 Å². The van der Waals surface area contributed by atoms with Crippen molar-refractivity contribution in [1.29, 1.82) is 0 Å². The van der Waals surface area contributed by atoms with E-state index in [1.165, 1.54) is 17.7 Å². The predicted molar refractivity (Wildman–Crippen MR) is 134 cm³/mol. The molecule has 0 bridgehead atoms. The fraction of sp³-hybridized carbons (Fsp3) is 0.643. The molecule has 1 unspecified atom stereocenters. The van der Waals surface area contributed by atoms with Crippen LogP contribution in [0.2, 0.25) is 0 Å². The zero-order valence-corrected chi connectivity index (χ0v) is 21.2. The lowest BCUT2D eigenvalue weighted by atomic mass is 9.85. The second-order valence-electron chi connectivity index (χ2n) is 10.8. The quantitative estimate of drug-likeness (QED) is 0.601. The van der Waals surface area contributed by atoms with E-state index in [-0.39, 0.29) is 36.3 Å². The number of ether oxygens (including phenoxy) is 2. The molecule has 2 amide bonds. The molecule has 1 aromatic rings. The summed E-state index contributed by atoms with van der Waals surface area (Å²) in [7, 11) is 1.77. The number of hydrogen-bond acceptors (Lipinski definition) is 5. The Morgan fingerprint density at radius 3 is 2.75 bits per heavy atom. The van der Waals surface area contributed by atoms with Gasteiger partial charge in [-0.25, -0.2) is 4.39 Å². The minimum atomic E-state index is -0.590. The Morgan fingerprint density at radius 2 is 2.00 bits per heavy atom. The third-order valence-corrected chi connectivity index (χ3v) is 8.40. The van der Waals surface area contributed by atoms with E-state index in [9.17, 15) is 9.59 Å². The van der Waals surface area contributed by atoms with Crippen LogP contribution in [0.15, 0.2) is 24.4 Å². The molecule has 1 aliphatic carbocycles. The molecule has 3 heterocycles. The molecule has 8 heteroatoms.